The Morgan fingerprint density at radius 2 is 2.24 bits per heavy atom. The smallest absolute Gasteiger partial charge is 0.278 e. The lowest BCUT2D eigenvalue weighted by atomic mass is 10.4. The Hall–Kier alpha value is -1.89. The van der Waals surface area contributed by atoms with Crippen LogP contribution in [0.2, 0.25) is 0 Å². The van der Waals surface area contributed by atoms with Crippen LogP contribution in [0.15, 0.2) is 12.1 Å². The molecular formula is C10H15N3O4. The summed E-state index contributed by atoms with van der Waals surface area (Å²) in [6.07, 6.45) is 0. The number of nitro groups is 1. The largest absolute Gasteiger partial charge is 0.475 e. The van der Waals surface area contributed by atoms with Gasteiger partial charge in [-0.05, 0) is 6.92 Å². The zero-order valence-corrected chi connectivity index (χ0v) is 9.80. The van der Waals surface area contributed by atoms with Crippen LogP contribution in [-0.2, 0) is 4.74 Å². The van der Waals surface area contributed by atoms with Gasteiger partial charge < -0.3 is 14.8 Å². The molecule has 0 bridgehead atoms. The Kier molecular flexibility index (Phi) is 5.15. The van der Waals surface area contributed by atoms with E-state index in [4.69, 9.17) is 9.47 Å². The maximum absolute atomic E-state index is 10.7. The first-order valence-electron chi connectivity index (χ1n) is 5.22. The lowest BCUT2D eigenvalue weighted by Crippen LogP contribution is -2.08. The van der Waals surface area contributed by atoms with Crippen molar-refractivity contribution in [2.75, 3.05) is 32.2 Å². The van der Waals surface area contributed by atoms with Gasteiger partial charge in [0, 0.05) is 13.7 Å². The van der Waals surface area contributed by atoms with Gasteiger partial charge in [-0.25, -0.2) is 0 Å². The number of pyridine rings is 1. The van der Waals surface area contributed by atoms with Gasteiger partial charge >= 0.3 is 0 Å². The molecule has 0 aliphatic rings. The minimum absolute atomic E-state index is 0.0595. The van der Waals surface area contributed by atoms with Crippen molar-refractivity contribution in [1.82, 2.24) is 4.98 Å². The van der Waals surface area contributed by atoms with E-state index in [9.17, 15) is 10.1 Å². The molecule has 0 saturated carbocycles. The van der Waals surface area contributed by atoms with E-state index in [0.717, 1.165) is 0 Å². The molecule has 7 heteroatoms. The van der Waals surface area contributed by atoms with Crippen LogP contribution in [0.3, 0.4) is 0 Å². The number of rotatable bonds is 7. The molecule has 0 saturated heterocycles. The Bertz CT molecular complexity index is 384. The van der Waals surface area contributed by atoms with Crippen LogP contribution in [0.1, 0.15) is 6.92 Å². The van der Waals surface area contributed by atoms with Gasteiger partial charge in [0.2, 0.25) is 5.88 Å². The Labute approximate surface area is 98.9 Å². The highest BCUT2D eigenvalue weighted by molar-refractivity contribution is 5.47. The summed E-state index contributed by atoms with van der Waals surface area (Å²) < 4.78 is 10.3. The predicted octanol–water partition coefficient (Wildman–Crippen LogP) is 1.45. The molecule has 17 heavy (non-hydrogen) atoms. The maximum Gasteiger partial charge on any atom is 0.278 e. The van der Waals surface area contributed by atoms with Crippen LogP contribution in [0, 0.1) is 10.1 Å². The van der Waals surface area contributed by atoms with E-state index < -0.39 is 4.92 Å². The second kappa shape index (κ2) is 6.64. The van der Waals surface area contributed by atoms with Crippen molar-refractivity contribution in [3.05, 3.63) is 22.2 Å². The number of hydrogen-bond acceptors (Lipinski definition) is 6. The average Bonchev–Trinajstić information content (AvgIpc) is 2.34. The highest BCUT2D eigenvalue weighted by atomic mass is 16.6. The fraction of sp³-hybridized carbons (Fsp3) is 0.500. The van der Waals surface area contributed by atoms with E-state index in [1.54, 1.807) is 7.05 Å². The molecule has 0 aromatic carbocycles. The van der Waals surface area contributed by atoms with Crippen LogP contribution in [0.5, 0.6) is 5.88 Å². The summed E-state index contributed by atoms with van der Waals surface area (Å²) in [5.41, 5.74) is -0.0595. The number of nitrogens with zero attached hydrogens (tertiary/aromatic N) is 2. The molecule has 1 heterocycles. The number of hydrogen-bond donors (Lipinski definition) is 1. The number of ether oxygens (including phenoxy) is 2. The van der Waals surface area contributed by atoms with Crippen LogP contribution in [0.4, 0.5) is 11.5 Å². The molecule has 1 aromatic heterocycles. The fourth-order valence-corrected chi connectivity index (χ4v) is 1.15. The zero-order chi connectivity index (χ0) is 12.7. The van der Waals surface area contributed by atoms with Crippen LogP contribution in [0.25, 0.3) is 0 Å². The van der Waals surface area contributed by atoms with E-state index >= 15 is 0 Å². The number of anilines is 1. The SMILES string of the molecule is CCOCCOc1cc([N+](=O)[O-])cc(NC)n1. The summed E-state index contributed by atoms with van der Waals surface area (Å²) in [4.78, 5) is 14.2. The van der Waals surface area contributed by atoms with Crippen LogP contribution < -0.4 is 10.1 Å². The van der Waals surface area contributed by atoms with Crippen LogP contribution >= 0.6 is 0 Å². The van der Waals surface area contributed by atoms with E-state index in [0.29, 0.717) is 25.6 Å². The first kappa shape index (κ1) is 13.2. The summed E-state index contributed by atoms with van der Waals surface area (Å²) in [5.74, 6) is 0.605. The zero-order valence-electron chi connectivity index (χ0n) is 9.80. The molecular weight excluding hydrogens is 226 g/mol. The first-order valence-corrected chi connectivity index (χ1v) is 5.22. The third kappa shape index (κ3) is 4.23. The standard InChI is InChI=1S/C10H15N3O4/c1-3-16-4-5-17-10-7-8(13(14)15)6-9(11-2)12-10/h6-7H,3-5H2,1-2H3,(H,11,12). The molecule has 1 rings (SSSR count). The predicted molar refractivity (Wildman–Crippen MR) is 62.4 cm³/mol. The third-order valence-electron chi connectivity index (χ3n) is 1.94. The Balaban J connectivity index is 2.70. The molecule has 0 atom stereocenters. The minimum atomic E-state index is -0.488. The van der Waals surface area contributed by atoms with Crippen molar-refractivity contribution in [3.8, 4) is 5.88 Å². The van der Waals surface area contributed by atoms with Gasteiger partial charge in [0.1, 0.15) is 12.4 Å². The van der Waals surface area contributed by atoms with Gasteiger partial charge in [-0.15, -0.1) is 0 Å². The Morgan fingerprint density at radius 1 is 1.47 bits per heavy atom. The average molecular weight is 241 g/mol. The maximum atomic E-state index is 10.7. The summed E-state index contributed by atoms with van der Waals surface area (Å²) in [5, 5.41) is 13.4. The van der Waals surface area contributed by atoms with Gasteiger partial charge in [-0.1, -0.05) is 0 Å². The topological polar surface area (TPSA) is 86.5 Å². The molecule has 94 valence electrons. The molecule has 0 spiro atoms. The van der Waals surface area contributed by atoms with Crippen molar-refractivity contribution in [2.24, 2.45) is 0 Å². The molecule has 0 amide bonds. The third-order valence-corrected chi connectivity index (χ3v) is 1.94. The van der Waals surface area contributed by atoms with Crippen molar-refractivity contribution in [1.29, 1.82) is 0 Å². The highest BCUT2D eigenvalue weighted by Crippen LogP contribution is 2.21. The lowest BCUT2D eigenvalue weighted by molar-refractivity contribution is -0.384. The molecule has 0 radical (unpaired) electrons. The van der Waals surface area contributed by atoms with Crippen molar-refractivity contribution >= 4 is 11.5 Å². The van der Waals surface area contributed by atoms with Crippen molar-refractivity contribution < 1.29 is 14.4 Å². The van der Waals surface area contributed by atoms with Gasteiger partial charge in [-0.3, -0.25) is 10.1 Å². The quantitative estimate of drug-likeness (QED) is 0.441. The van der Waals surface area contributed by atoms with E-state index in [1.165, 1.54) is 12.1 Å². The second-order valence-corrected chi connectivity index (χ2v) is 3.10. The molecule has 7 nitrogen and oxygen atoms in total. The van der Waals surface area contributed by atoms with Crippen LogP contribution in [-0.4, -0.2) is 36.8 Å². The fourth-order valence-electron chi connectivity index (χ4n) is 1.15. The molecule has 0 aliphatic heterocycles. The summed E-state index contributed by atoms with van der Waals surface area (Å²) >= 11 is 0. The van der Waals surface area contributed by atoms with Gasteiger partial charge in [0.05, 0.1) is 23.7 Å². The minimum Gasteiger partial charge on any atom is -0.475 e. The van der Waals surface area contributed by atoms with Crippen molar-refractivity contribution in [3.63, 3.8) is 0 Å². The summed E-state index contributed by atoms with van der Waals surface area (Å²) in [7, 11) is 1.63. The van der Waals surface area contributed by atoms with Gasteiger partial charge in [-0.2, -0.15) is 4.98 Å². The number of nitrogens with one attached hydrogen (secondary N) is 1. The molecule has 0 fully saturated rings. The Morgan fingerprint density at radius 3 is 2.82 bits per heavy atom. The van der Waals surface area contributed by atoms with E-state index in [2.05, 4.69) is 10.3 Å². The van der Waals surface area contributed by atoms with E-state index in [-0.39, 0.29) is 11.6 Å². The normalized spacial score (nSPS) is 10.0. The van der Waals surface area contributed by atoms with Crippen molar-refractivity contribution in [2.45, 2.75) is 6.92 Å². The van der Waals surface area contributed by atoms with Gasteiger partial charge in [0.15, 0.2) is 0 Å². The lowest BCUT2D eigenvalue weighted by Gasteiger charge is -2.07. The summed E-state index contributed by atoms with van der Waals surface area (Å²) in [6.45, 7) is 3.22. The van der Waals surface area contributed by atoms with Gasteiger partial charge in [0.25, 0.3) is 5.69 Å². The summed E-state index contributed by atoms with van der Waals surface area (Å²) in [6, 6.07) is 2.63. The monoisotopic (exact) mass is 241 g/mol. The second-order valence-electron chi connectivity index (χ2n) is 3.10. The van der Waals surface area contributed by atoms with E-state index in [1.807, 2.05) is 6.92 Å². The number of aromatic nitrogens is 1. The molecule has 1 aromatic rings. The highest BCUT2D eigenvalue weighted by Gasteiger charge is 2.11. The molecule has 0 unspecified atom stereocenters. The first-order chi connectivity index (χ1) is 8.17. The molecule has 1 N–H and O–H groups in total. The molecule has 0 aliphatic carbocycles.